The third-order valence-corrected chi connectivity index (χ3v) is 5.99. The Kier molecular flexibility index (Phi) is 5.34. The van der Waals surface area contributed by atoms with E-state index in [4.69, 9.17) is 4.74 Å². The van der Waals surface area contributed by atoms with Crippen molar-refractivity contribution in [1.82, 2.24) is 5.32 Å². The predicted octanol–water partition coefficient (Wildman–Crippen LogP) is 3.21. The molecule has 0 aliphatic carbocycles. The monoisotopic (exact) mass is 365 g/mol. The molecule has 1 saturated heterocycles. The van der Waals surface area contributed by atoms with E-state index in [9.17, 15) is 19.1 Å². The Labute approximate surface area is 148 Å². The maximum absolute atomic E-state index is 13.4. The molecule has 0 radical (unpaired) electrons. The zero-order valence-electron chi connectivity index (χ0n) is 13.9. The number of rotatable bonds is 5. The molecule has 1 aliphatic heterocycles. The number of carboxylic acid groups (broad SMARTS) is 1. The number of carbonyl (C=O) groups is 2. The lowest BCUT2D eigenvalue weighted by Gasteiger charge is -2.27. The molecule has 1 aromatic carbocycles. The van der Waals surface area contributed by atoms with Crippen LogP contribution in [-0.4, -0.2) is 36.7 Å². The van der Waals surface area contributed by atoms with Gasteiger partial charge in [-0.05, 0) is 48.8 Å². The summed E-state index contributed by atoms with van der Waals surface area (Å²) in [6.07, 6.45) is 1.38. The summed E-state index contributed by atoms with van der Waals surface area (Å²) in [5, 5.41) is 13.1. The second-order valence-corrected chi connectivity index (χ2v) is 7.35. The van der Waals surface area contributed by atoms with Crippen LogP contribution in [0.5, 0.6) is 0 Å². The van der Waals surface area contributed by atoms with E-state index in [0.717, 1.165) is 10.9 Å². The number of aliphatic carboxylic acids is 1. The van der Waals surface area contributed by atoms with Gasteiger partial charge in [-0.15, -0.1) is 11.3 Å². The molecule has 0 saturated carbocycles. The number of aryl methyl sites for hydroxylation is 1. The summed E-state index contributed by atoms with van der Waals surface area (Å²) in [6, 6.07) is 4.44. The van der Waals surface area contributed by atoms with Crippen molar-refractivity contribution >= 4 is 33.3 Å². The van der Waals surface area contributed by atoms with Gasteiger partial charge in [0.25, 0.3) is 5.91 Å². The minimum Gasteiger partial charge on any atom is -0.481 e. The Bertz CT molecular complexity index is 798. The van der Waals surface area contributed by atoms with Crippen LogP contribution in [-0.2, 0) is 9.53 Å². The number of carbonyl (C=O) groups excluding carboxylic acids is 1. The maximum atomic E-state index is 13.4. The summed E-state index contributed by atoms with van der Waals surface area (Å²) >= 11 is 1.22. The fourth-order valence-corrected chi connectivity index (χ4v) is 4.42. The van der Waals surface area contributed by atoms with Crippen LogP contribution in [0, 0.1) is 24.6 Å². The SMILES string of the molecule is Cc1c(C(=O)NCC(C(=O)O)C2CCOCC2)sc2cc(F)ccc12. The van der Waals surface area contributed by atoms with E-state index in [2.05, 4.69) is 5.32 Å². The first kappa shape index (κ1) is 17.8. The van der Waals surface area contributed by atoms with Gasteiger partial charge in [-0.2, -0.15) is 0 Å². The number of carboxylic acids is 1. The van der Waals surface area contributed by atoms with Crippen molar-refractivity contribution in [1.29, 1.82) is 0 Å². The highest BCUT2D eigenvalue weighted by Crippen LogP contribution is 2.31. The van der Waals surface area contributed by atoms with Crippen molar-refractivity contribution in [3.05, 3.63) is 34.5 Å². The van der Waals surface area contributed by atoms with Crippen molar-refractivity contribution in [2.75, 3.05) is 19.8 Å². The lowest BCUT2D eigenvalue weighted by atomic mass is 9.86. The molecule has 2 aromatic rings. The molecule has 1 aromatic heterocycles. The van der Waals surface area contributed by atoms with Gasteiger partial charge in [0, 0.05) is 24.5 Å². The van der Waals surface area contributed by atoms with Gasteiger partial charge < -0.3 is 15.2 Å². The Balaban J connectivity index is 1.73. The number of hydrogen-bond donors (Lipinski definition) is 2. The Morgan fingerprint density at radius 2 is 2.12 bits per heavy atom. The lowest BCUT2D eigenvalue weighted by molar-refractivity contribution is -0.144. The number of benzene rings is 1. The number of ether oxygens (including phenoxy) is 1. The van der Waals surface area contributed by atoms with Crippen LogP contribution in [0.4, 0.5) is 4.39 Å². The van der Waals surface area contributed by atoms with Gasteiger partial charge in [-0.1, -0.05) is 6.07 Å². The van der Waals surface area contributed by atoms with E-state index in [0.29, 0.717) is 35.6 Å². The van der Waals surface area contributed by atoms with Gasteiger partial charge in [-0.25, -0.2) is 4.39 Å². The highest BCUT2D eigenvalue weighted by atomic mass is 32.1. The first-order chi connectivity index (χ1) is 12.0. The summed E-state index contributed by atoms with van der Waals surface area (Å²) < 4.78 is 19.3. The fraction of sp³-hybridized carbons (Fsp3) is 0.444. The molecule has 1 aliphatic rings. The molecule has 5 nitrogen and oxygen atoms in total. The highest BCUT2D eigenvalue weighted by molar-refractivity contribution is 7.21. The van der Waals surface area contributed by atoms with E-state index >= 15 is 0 Å². The molecule has 1 atom stereocenters. The van der Waals surface area contributed by atoms with Gasteiger partial charge >= 0.3 is 5.97 Å². The quantitative estimate of drug-likeness (QED) is 0.853. The first-order valence-electron chi connectivity index (χ1n) is 8.24. The fourth-order valence-electron chi connectivity index (χ4n) is 3.27. The van der Waals surface area contributed by atoms with E-state index in [1.54, 1.807) is 6.07 Å². The molecule has 1 unspecified atom stereocenters. The number of amides is 1. The molecule has 7 heteroatoms. The second kappa shape index (κ2) is 7.49. The van der Waals surface area contributed by atoms with Crippen LogP contribution >= 0.6 is 11.3 Å². The van der Waals surface area contributed by atoms with Crippen LogP contribution in [0.2, 0.25) is 0 Å². The molecule has 1 amide bonds. The number of thiophene rings is 1. The number of nitrogens with one attached hydrogen (secondary N) is 1. The molecular weight excluding hydrogens is 345 g/mol. The summed E-state index contributed by atoms with van der Waals surface area (Å²) in [5.74, 6) is -2.17. The van der Waals surface area contributed by atoms with Crippen LogP contribution in [0.15, 0.2) is 18.2 Å². The van der Waals surface area contributed by atoms with Gasteiger partial charge in [0.05, 0.1) is 10.8 Å². The Morgan fingerprint density at radius 3 is 2.80 bits per heavy atom. The third kappa shape index (κ3) is 3.82. The van der Waals surface area contributed by atoms with Gasteiger partial charge in [-0.3, -0.25) is 9.59 Å². The van der Waals surface area contributed by atoms with Crippen LogP contribution in [0.25, 0.3) is 10.1 Å². The molecule has 25 heavy (non-hydrogen) atoms. The number of hydrogen-bond acceptors (Lipinski definition) is 4. The van der Waals surface area contributed by atoms with Gasteiger partial charge in [0.2, 0.25) is 0 Å². The van der Waals surface area contributed by atoms with Gasteiger partial charge in [0.15, 0.2) is 0 Å². The van der Waals surface area contributed by atoms with Crippen molar-refractivity contribution in [3.63, 3.8) is 0 Å². The first-order valence-corrected chi connectivity index (χ1v) is 9.06. The topological polar surface area (TPSA) is 75.6 Å². The molecule has 2 N–H and O–H groups in total. The highest BCUT2D eigenvalue weighted by Gasteiger charge is 2.30. The molecular formula is C18H20FNO4S. The summed E-state index contributed by atoms with van der Waals surface area (Å²) in [6.45, 7) is 3.02. The zero-order valence-corrected chi connectivity index (χ0v) is 14.7. The molecule has 3 rings (SSSR count). The zero-order chi connectivity index (χ0) is 18.0. The second-order valence-electron chi connectivity index (χ2n) is 6.30. The van der Waals surface area contributed by atoms with Crippen molar-refractivity contribution in [2.24, 2.45) is 11.8 Å². The Morgan fingerprint density at radius 1 is 1.40 bits per heavy atom. The number of fused-ring (bicyclic) bond motifs is 1. The largest absolute Gasteiger partial charge is 0.481 e. The molecule has 1 fully saturated rings. The van der Waals surface area contributed by atoms with E-state index in [-0.39, 0.29) is 24.2 Å². The van der Waals surface area contributed by atoms with Crippen LogP contribution in [0.3, 0.4) is 0 Å². The van der Waals surface area contributed by atoms with Crippen LogP contribution < -0.4 is 5.32 Å². The standard InChI is InChI=1S/C18H20FNO4S/c1-10-13-3-2-12(19)8-15(13)25-16(10)17(21)20-9-14(18(22)23)11-4-6-24-7-5-11/h2-3,8,11,14H,4-7,9H2,1H3,(H,20,21)(H,22,23). The van der Waals surface area contributed by atoms with Crippen molar-refractivity contribution in [2.45, 2.75) is 19.8 Å². The minimum absolute atomic E-state index is 0.00384. The maximum Gasteiger partial charge on any atom is 0.308 e. The van der Waals surface area contributed by atoms with E-state index in [1.165, 1.54) is 23.5 Å². The van der Waals surface area contributed by atoms with E-state index < -0.39 is 11.9 Å². The summed E-state index contributed by atoms with van der Waals surface area (Å²) in [7, 11) is 0. The normalized spacial score (nSPS) is 16.7. The molecule has 2 heterocycles. The average Bonchev–Trinajstić information content (AvgIpc) is 2.91. The summed E-state index contributed by atoms with van der Waals surface area (Å²) in [5.41, 5.74) is 0.787. The average molecular weight is 365 g/mol. The molecule has 0 spiro atoms. The predicted molar refractivity (Wildman–Crippen MR) is 93.5 cm³/mol. The molecule has 0 bridgehead atoms. The summed E-state index contributed by atoms with van der Waals surface area (Å²) in [4.78, 5) is 24.6. The number of halogens is 1. The van der Waals surface area contributed by atoms with Crippen molar-refractivity contribution < 1.29 is 23.8 Å². The third-order valence-electron chi connectivity index (χ3n) is 4.74. The van der Waals surface area contributed by atoms with Crippen LogP contribution in [0.1, 0.15) is 28.1 Å². The molecule has 134 valence electrons. The van der Waals surface area contributed by atoms with Crippen molar-refractivity contribution in [3.8, 4) is 0 Å². The van der Waals surface area contributed by atoms with E-state index in [1.807, 2.05) is 6.92 Å². The lowest BCUT2D eigenvalue weighted by Crippen LogP contribution is -2.38. The Hall–Kier alpha value is -1.99. The minimum atomic E-state index is -0.901. The smallest absolute Gasteiger partial charge is 0.308 e. The van der Waals surface area contributed by atoms with Gasteiger partial charge in [0.1, 0.15) is 5.82 Å².